The van der Waals surface area contributed by atoms with Crippen LogP contribution in [0.5, 0.6) is 0 Å². The zero-order chi connectivity index (χ0) is 19.8. The average Bonchev–Trinajstić information content (AvgIpc) is 3.59. The molecule has 28 heavy (non-hydrogen) atoms. The van der Waals surface area contributed by atoms with Crippen molar-refractivity contribution in [2.75, 3.05) is 0 Å². The van der Waals surface area contributed by atoms with Crippen molar-refractivity contribution in [2.45, 2.75) is 37.6 Å². The third kappa shape index (κ3) is 3.98. The number of benzene rings is 1. The summed E-state index contributed by atoms with van der Waals surface area (Å²) in [5.74, 6) is -2.06. The van der Waals surface area contributed by atoms with Crippen molar-refractivity contribution in [2.24, 2.45) is 0 Å². The van der Waals surface area contributed by atoms with Crippen LogP contribution >= 0.6 is 23.2 Å². The molecule has 1 heterocycles. The summed E-state index contributed by atoms with van der Waals surface area (Å²) in [6.07, 6.45) is 5.00. The van der Waals surface area contributed by atoms with Gasteiger partial charge in [0.15, 0.2) is 0 Å². The average molecular weight is 422 g/mol. The lowest BCUT2D eigenvalue weighted by atomic mass is 10.1. The van der Waals surface area contributed by atoms with E-state index in [9.17, 15) is 14.4 Å². The van der Waals surface area contributed by atoms with Gasteiger partial charge in [0.1, 0.15) is 0 Å². The van der Waals surface area contributed by atoms with Gasteiger partial charge in [-0.3, -0.25) is 25.2 Å². The van der Waals surface area contributed by atoms with Gasteiger partial charge in [-0.15, -0.1) is 0 Å². The lowest BCUT2D eigenvalue weighted by Crippen LogP contribution is -2.49. The Morgan fingerprint density at radius 3 is 2.43 bits per heavy atom. The Morgan fingerprint density at radius 2 is 1.79 bits per heavy atom. The maximum Gasteiger partial charge on any atom is 0.327 e. The number of carbonyl (C=O) groups excluding carboxylic acids is 3. The summed E-state index contributed by atoms with van der Waals surface area (Å²) in [6, 6.07) is 5.09. The number of carbonyl (C=O) groups is 3. The first-order valence-electron chi connectivity index (χ1n) is 8.88. The normalized spacial score (nSPS) is 15.8. The van der Waals surface area contributed by atoms with Crippen LogP contribution in [0.1, 0.15) is 47.7 Å². The zero-order valence-electron chi connectivity index (χ0n) is 14.7. The van der Waals surface area contributed by atoms with Gasteiger partial charge in [0, 0.05) is 17.0 Å². The fraction of sp³-hybridized carbons (Fsp3) is 0.333. The zero-order valence-corrected chi connectivity index (χ0v) is 16.2. The van der Waals surface area contributed by atoms with Crippen LogP contribution in [-0.4, -0.2) is 33.5 Å². The summed E-state index contributed by atoms with van der Waals surface area (Å²) in [4.78, 5) is 36.0. The largest absolute Gasteiger partial charge is 0.345 e. The van der Waals surface area contributed by atoms with Gasteiger partial charge in [0.25, 0.3) is 5.91 Å². The van der Waals surface area contributed by atoms with Crippen molar-refractivity contribution < 1.29 is 14.4 Å². The molecule has 0 spiro atoms. The summed E-state index contributed by atoms with van der Waals surface area (Å²) < 4.78 is 1.62. The summed E-state index contributed by atoms with van der Waals surface area (Å²) in [6.45, 7) is 0. The van der Waals surface area contributed by atoms with Crippen LogP contribution in [0.3, 0.4) is 0 Å². The Labute approximate surface area is 170 Å². The summed E-state index contributed by atoms with van der Waals surface area (Å²) in [7, 11) is 0. The van der Waals surface area contributed by atoms with E-state index in [4.69, 9.17) is 23.2 Å². The lowest BCUT2D eigenvalue weighted by molar-refractivity contribution is -0.139. The number of hydrogen-bond donors (Lipinski definition) is 3. The van der Waals surface area contributed by atoms with Gasteiger partial charge < -0.3 is 5.32 Å². The lowest BCUT2D eigenvalue weighted by Gasteiger charge is -2.11. The highest BCUT2D eigenvalue weighted by atomic mass is 35.5. The second kappa shape index (κ2) is 7.44. The highest BCUT2D eigenvalue weighted by molar-refractivity contribution is 6.36. The molecule has 2 saturated carbocycles. The number of hydrogen-bond acceptors (Lipinski definition) is 4. The highest BCUT2D eigenvalue weighted by Crippen LogP contribution is 2.43. The number of amides is 3. The molecular weight excluding hydrogens is 405 g/mol. The van der Waals surface area contributed by atoms with Crippen molar-refractivity contribution in [3.63, 3.8) is 0 Å². The van der Waals surface area contributed by atoms with E-state index in [-0.39, 0.29) is 12.0 Å². The Bertz CT molecular complexity index is 966. The topological polar surface area (TPSA) is 105 Å². The number of rotatable bonds is 4. The van der Waals surface area contributed by atoms with E-state index in [2.05, 4.69) is 21.3 Å². The molecule has 0 unspecified atom stereocenters. The maximum atomic E-state index is 12.6. The highest BCUT2D eigenvalue weighted by Gasteiger charge is 2.33. The number of halogens is 2. The van der Waals surface area contributed by atoms with E-state index in [1.54, 1.807) is 22.9 Å². The van der Waals surface area contributed by atoms with Crippen molar-refractivity contribution in [1.82, 2.24) is 25.9 Å². The number of nitrogens with one attached hydrogen (secondary N) is 3. The SMILES string of the molecule is O=C(NNC(=O)c1cnn(-c2ccc(Cl)cc2Cl)c1C1CC1)C(=O)NC1CC1. The number of aromatic nitrogens is 2. The molecule has 1 aromatic heterocycles. The van der Waals surface area contributed by atoms with Crippen LogP contribution in [0, 0.1) is 0 Å². The standard InChI is InChI=1S/C18H17Cl2N5O3/c19-10-3-6-14(13(20)7-10)25-15(9-1-2-9)12(8-21-25)16(26)23-24-18(28)17(27)22-11-4-5-11/h3,6-9,11H,1-2,4-5H2,(H,22,27)(H,23,26)(H,24,28). The minimum Gasteiger partial charge on any atom is -0.345 e. The van der Waals surface area contributed by atoms with Crippen molar-refractivity contribution in [3.05, 3.63) is 45.7 Å². The molecule has 10 heteroatoms. The monoisotopic (exact) mass is 421 g/mol. The molecule has 146 valence electrons. The smallest absolute Gasteiger partial charge is 0.327 e. The second-order valence-electron chi connectivity index (χ2n) is 6.88. The molecule has 0 atom stereocenters. The maximum absolute atomic E-state index is 12.6. The summed E-state index contributed by atoms with van der Waals surface area (Å²) in [5.41, 5.74) is 6.05. The Balaban J connectivity index is 1.51. The number of nitrogens with zero attached hydrogens (tertiary/aromatic N) is 2. The van der Waals surface area contributed by atoms with Gasteiger partial charge in [-0.25, -0.2) is 4.68 Å². The number of hydrazine groups is 1. The van der Waals surface area contributed by atoms with Crippen molar-refractivity contribution >= 4 is 40.9 Å². The van der Waals surface area contributed by atoms with E-state index in [0.717, 1.165) is 25.7 Å². The van der Waals surface area contributed by atoms with Crippen molar-refractivity contribution in [3.8, 4) is 5.69 Å². The molecule has 0 aliphatic heterocycles. The molecule has 0 bridgehead atoms. The van der Waals surface area contributed by atoms with Crippen LogP contribution in [0.25, 0.3) is 5.69 Å². The van der Waals surface area contributed by atoms with E-state index in [0.29, 0.717) is 27.0 Å². The molecule has 0 saturated heterocycles. The van der Waals surface area contributed by atoms with E-state index in [1.807, 2.05) is 0 Å². The van der Waals surface area contributed by atoms with Gasteiger partial charge in [0.2, 0.25) is 0 Å². The van der Waals surface area contributed by atoms with Gasteiger partial charge in [-0.05, 0) is 43.9 Å². The molecule has 8 nitrogen and oxygen atoms in total. The third-order valence-electron chi connectivity index (χ3n) is 4.56. The first kappa shape index (κ1) is 18.8. The molecule has 2 aliphatic carbocycles. The third-order valence-corrected chi connectivity index (χ3v) is 5.10. The van der Waals surface area contributed by atoms with Gasteiger partial charge in [-0.2, -0.15) is 5.10 Å². The Morgan fingerprint density at radius 1 is 1.04 bits per heavy atom. The van der Waals surface area contributed by atoms with Crippen LogP contribution < -0.4 is 16.2 Å². The summed E-state index contributed by atoms with van der Waals surface area (Å²) in [5, 5.41) is 7.77. The van der Waals surface area contributed by atoms with Gasteiger partial charge >= 0.3 is 11.8 Å². The molecule has 4 rings (SSSR count). The molecule has 1 aromatic carbocycles. The van der Waals surface area contributed by atoms with Gasteiger partial charge in [0.05, 0.1) is 28.2 Å². The van der Waals surface area contributed by atoms with Crippen LogP contribution in [-0.2, 0) is 9.59 Å². The van der Waals surface area contributed by atoms with Crippen LogP contribution in [0.2, 0.25) is 10.0 Å². The first-order chi connectivity index (χ1) is 13.4. The second-order valence-corrected chi connectivity index (χ2v) is 7.72. The molecule has 3 amide bonds. The van der Waals surface area contributed by atoms with E-state index in [1.165, 1.54) is 6.20 Å². The fourth-order valence-electron chi connectivity index (χ4n) is 2.84. The molecule has 2 aliphatic rings. The molecule has 2 fully saturated rings. The molecule has 3 N–H and O–H groups in total. The summed E-state index contributed by atoms with van der Waals surface area (Å²) >= 11 is 12.2. The minimum atomic E-state index is -0.915. The van der Waals surface area contributed by atoms with E-state index < -0.39 is 17.7 Å². The minimum absolute atomic E-state index is 0.0535. The predicted molar refractivity (Wildman–Crippen MR) is 102 cm³/mol. The Kier molecular flexibility index (Phi) is 4.99. The fourth-order valence-corrected chi connectivity index (χ4v) is 3.33. The molecule has 2 aromatic rings. The first-order valence-corrected chi connectivity index (χ1v) is 9.64. The van der Waals surface area contributed by atoms with E-state index >= 15 is 0 Å². The quantitative estimate of drug-likeness (QED) is 0.519. The van der Waals surface area contributed by atoms with Crippen molar-refractivity contribution in [1.29, 1.82) is 0 Å². The Hall–Kier alpha value is -2.58. The van der Waals surface area contributed by atoms with Crippen LogP contribution in [0.15, 0.2) is 24.4 Å². The van der Waals surface area contributed by atoms with Crippen LogP contribution in [0.4, 0.5) is 0 Å². The van der Waals surface area contributed by atoms with Gasteiger partial charge in [-0.1, -0.05) is 23.2 Å². The molecule has 0 radical (unpaired) electrons. The molecular formula is C18H17Cl2N5O3. The predicted octanol–water partition coefficient (Wildman–Crippen LogP) is 2.10.